The van der Waals surface area contributed by atoms with Gasteiger partial charge in [-0.25, -0.2) is 4.98 Å². The van der Waals surface area contributed by atoms with Crippen molar-refractivity contribution < 1.29 is 9.59 Å². The molecule has 4 rings (SSSR count). The molecular weight excluding hydrogens is 382 g/mol. The molecule has 0 atom stereocenters. The lowest BCUT2D eigenvalue weighted by Gasteiger charge is -2.29. The van der Waals surface area contributed by atoms with Gasteiger partial charge in [0.05, 0.1) is 17.9 Å². The van der Waals surface area contributed by atoms with E-state index in [2.05, 4.69) is 26.2 Å². The molecule has 128 valence electrons. The second-order valence-corrected chi connectivity index (χ2v) is 7.45. The summed E-state index contributed by atoms with van der Waals surface area (Å²) in [4.78, 5) is 31.0. The number of aromatic nitrogens is 1. The fourth-order valence-electron chi connectivity index (χ4n) is 3.50. The minimum absolute atomic E-state index is 0.0883. The van der Waals surface area contributed by atoms with Gasteiger partial charge in [0.25, 0.3) is 0 Å². The summed E-state index contributed by atoms with van der Waals surface area (Å²) in [5.41, 5.74) is 2.69. The largest absolute Gasteiger partial charge is 0.338 e. The second-order valence-electron chi connectivity index (χ2n) is 6.53. The Morgan fingerprint density at radius 1 is 1.24 bits per heavy atom. The van der Waals surface area contributed by atoms with Crippen molar-refractivity contribution in [3.05, 3.63) is 46.6 Å². The van der Waals surface area contributed by atoms with Crippen molar-refractivity contribution in [1.29, 1.82) is 0 Å². The summed E-state index contributed by atoms with van der Waals surface area (Å²) in [5, 5.41) is 3.35. The van der Waals surface area contributed by atoms with Gasteiger partial charge in [-0.1, -0.05) is 22.0 Å². The topological polar surface area (TPSA) is 62.3 Å². The molecule has 0 unspecified atom stereocenters. The highest BCUT2D eigenvalue weighted by Gasteiger charge is 2.32. The van der Waals surface area contributed by atoms with Gasteiger partial charge in [-0.05, 0) is 37.1 Å². The number of nitrogens with zero attached hydrogens (tertiary/aromatic N) is 2. The number of anilines is 3. The predicted octanol–water partition coefficient (Wildman–Crippen LogP) is 4.19. The van der Waals surface area contributed by atoms with E-state index in [1.807, 2.05) is 35.2 Å². The van der Waals surface area contributed by atoms with Gasteiger partial charge in [0.1, 0.15) is 11.6 Å². The van der Waals surface area contributed by atoms with E-state index in [-0.39, 0.29) is 17.6 Å². The lowest BCUT2D eigenvalue weighted by atomic mass is 9.87. The van der Waals surface area contributed by atoms with Crippen LogP contribution in [0.1, 0.15) is 31.2 Å². The van der Waals surface area contributed by atoms with E-state index < -0.39 is 0 Å². The number of carbonyl (C=O) groups excluding carboxylic acids is 2. The highest BCUT2D eigenvalue weighted by atomic mass is 79.9. The molecule has 0 spiro atoms. The van der Waals surface area contributed by atoms with Crippen molar-refractivity contribution in [3.63, 3.8) is 0 Å². The van der Waals surface area contributed by atoms with Crippen LogP contribution < -0.4 is 10.2 Å². The van der Waals surface area contributed by atoms with Crippen LogP contribution in [0.2, 0.25) is 0 Å². The van der Waals surface area contributed by atoms with Crippen molar-refractivity contribution >= 4 is 44.8 Å². The Morgan fingerprint density at radius 3 is 2.84 bits per heavy atom. The fraction of sp³-hybridized carbons (Fsp3) is 0.316. The van der Waals surface area contributed by atoms with Crippen LogP contribution in [0.4, 0.5) is 17.2 Å². The first-order valence-electron chi connectivity index (χ1n) is 8.45. The molecule has 1 saturated carbocycles. The second kappa shape index (κ2) is 6.59. The zero-order valence-corrected chi connectivity index (χ0v) is 15.3. The number of hydrogen-bond donors (Lipinski definition) is 1. The number of benzene rings is 1. The third kappa shape index (κ3) is 3.18. The zero-order chi connectivity index (χ0) is 17.4. The van der Waals surface area contributed by atoms with Gasteiger partial charge in [-0.3, -0.25) is 9.59 Å². The normalized spacial score (nSPS) is 17.3. The van der Waals surface area contributed by atoms with Gasteiger partial charge in [-0.2, -0.15) is 0 Å². The molecule has 1 aliphatic heterocycles. The molecule has 1 aliphatic carbocycles. The van der Waals surface area contributed by atoms with E-state index in [9.17, 15) is 9.59 Å². The molecule has 1 amide bonds. The van der Waals surface area contributed by atoms with Crippen LogP contribution >= 0.6 is 15.9 Å². The van der Waals surface area contributed by atoms with Gasteiger partial charge >= 0.3 is 0 Å². The lowest BCUT2D eigenvalue weighted by molar-refractivity contribution is -0.126. The number of halogens is 1. The van der Waals surface area contributed by atoms with Crippen LogP contribution in [-0.4, -0.2) is 16.7 Å². The van der Waals surface area contributed by atoms with Gasteiger partial charge in [0, 0.05) is 35.0 Å². The first-order chi connectivity index (χ1) is 12.1. The number of Topliss-reactive ketones (excluding diaryl/α,β-unsaturated/α-hetero) is 1. The van der Waals surface area contributed by atoms with E-state index in [1.54, 1.807) is 6.20 Å². The average Bonchev–Trinajstić information content (AvgIpc) is 2.78. The van der Waals surface area contributed by atoms with Gasteiger partial charge in [-0.15, -0.1) is 0 Å². The number of hydrogen-bond acceptors (Lipinski definition) is 4. The third-order valence-electron chi connectivity index (χ3n) is 4.88. The molecule has 0 radical (unpaired) electrons. The summed E-state index contributed by atoms with van der Waals surface area (Å²) in [6, 6.07) is 9.73. The average molecular weight is 400 g/mol. The van der Waals surface area contributed by atoms with E-state index in [1.165, 1.54) is 0 Å². The minimum Gasteiger partial charge on any atom is -0.338 e. The van der Waals surface area contributed by atoms with Crippen molar-refractivity contribution in [2.24, 2.45) is 5.92 Å². The van der Waals surface area contributed by atoms with Crippen molar-refractivity contribution in [3.8, 4) is 0 Å². The van der Waals surface area contributed by atoms with Crippen molar-refractivity contribution in [2.45, 2.75) is 32.2 Å². The maximum absolute atomic E-state index is 13.2. The number of rotatable bonds is 1. The summed E-state index contributed by atoms with van der Waals surface area (Å²) in [7, 11) is 0. The van der Waals surface area contributed by atoms with Crippen LogP contribution in [0.5, 0.6) is 0 Å². The molecule has 0 bridgehead atoms. The summed E-state index contributed by atoms with van der Waals surface area (Å²) in [6.07, 6.45) is 4.04. The highest BCUT2D eigenvalue weighted by Crippen LogP contribution is 2.38. The summed E-state index contributed by atoms with van der Waals surface area (Å²) < 4.78 is 0.920. The summed E-state index contributed by atoms with van der Waals surface area (Å²) in [6.45, 7) is 0.475. The predicted molar refractivity (Wildman–Crippen MR) is 99.8 cm³/mol. The molecule has 1 N–H and O–H groups in total. The SMILES string of the molecule is O=C1CCC(C(=O)N2Cc3cccnc3Nc3ccc(Br)cc32)CC1. The third-order valence-corrected chi connectivity index (χ3v) is 5.38. The number of nitrogens with one attached hydrogen (secondary N) is 1. The smallest absolute Gasteiger partial charge is 0.230 e. The Balaban J connectivity index is 1.74. The number of amides is 1. The number of pyridine rings is 1. The van der Waals surface area contributed by atoms with Crippen LogP contribution in [-0.2, 0) is 16.1 Å². The van der Waals surface area contributed by atoms with Crippen LogP contribution in [0.3, 0.4) is 0 Å². The van der Waals surface area contributed by atoms with Crippen LogP contribution in [0.25, 0.3) is 0 Å². The highest BCUT2D eigenvalue weighted by molar-refractivity contribution is 9.10. The zero-order valence-electron chi connectivity index (χ0n) is 13.7. The van der Waals surface area contributed by atoms with E-state index in [4.69, 9.17) is 0 Å². The molecule has 2 heterocycles. The first kappa shape index (κ1) is 16.3. The van der Waals surface area contributed by atoms with Gasteiger partial charge < -0.3 is 10.2 Å². The number of fused-ring (bicyclic) bond motifs is 2. The molecule has 0 saturated heterocycles. The van der Waals surface area contributed by atoms with E-state index in [0.29, 0.717) is 32.2 Å². The molecule has 5 nitrogen and oxygen atoms in total. The van der Waals surface area contributed by atoms with Gasteiger partial charge in [0.15, 0.2) is 0 Å². The van der Waals surface area contributed by atoms with Crippen molar-refractivity contribution in [1.82, 2.24) is 4.98 Å². The molecule has 6 heteroatoms. The summed E-state index contributed by atoms with van der Waals surface area (Å²) in [5.74, 6) is 1.03. The standard InChI is InChI=1S/C19H18BrN3O2/c20-14-5-8-16-17(10-14)23(11-13-2-1-9-21-18(13)22-16)19(25)12-3-6-15(24)7-4-12/h1-2,5,8-10,12H,3-4,6-7,11H2,(H,21,22). The van der Waals surface area contributed by atoms with Crippen LogP contribution in [0.15, 0.2) is 41.0 Å². The van der Waals surface area contributed by atoms with Gasteiger partial charge in [0.2, 0.25) is 5.91 Å². The maximum Gasteiger partial charge on any atom is 0.230 e. The first-order valence-corrected chi connectivity index (χ1v) is 9.24. The minimum atomic E-state index is -0.0947. The Kier molecular flexibility index (Phi) is 4.29. The van der Waals surface area contributed by atoms with E-state index >= 15 is 0 Å². The molecule has 2 aromatic rings. The Hall–Kier alpha value is -2.21. The number of ketones is 1. The molecule has 25 heavy (non-hydrogen) atoms. The molecule has 1 aromatic carbocycles. The fourth-order valence-corrected chi connectivity index (χ4v) is 3.85. The molecule has 1 aromatic heterocycles. The Morgan fingerprint density at radius 2 is 2.04 bits per heavy atom. The quantitative estimate of drug-likeness (QED) is 0.780. The van der Waals surface area contributed by atoms with Crippen molar-refractivity contribution in [2.75, 3.05) is 10.2 Å². The number of carbonyl (C=O) groups is 2. The van der Waals surface area contributed by atoms with Crippen LogP contribution in [0, 0.1) is 5.92 Å². The molecule has 2 aliphatic rings. The Labute approximate surface area is 154 Å². The summed E-state index contributed by atoms with van der Waals surface area (Å²) >= 11 is 3.51. The Bertz CT molecular complexity index is 842. The molecule has 1 fully saturated rings. The monoisotopic (exact) mass is 399 g/mol. The van der Waals surface area contributed by atoms with E-state index in [0.717, 1.165) is 27.2 Å². The molecular formula is C19H18BrN3O2. The maximum atomic E-state index is 13.2. The lowest BCUT2D eigenvalue weighted by Crippen LogP contribution is -2.37.